The Hall–Kier alpha value is -1.22. The van der Waals surface area contributed by atoms with Crippen LogP contribution in [0.1, 0.15) is 12.8 Å². The van der Waals surface area contributed by atoms with Crippen molar-refractivity contribution in [2.45, 2.75) is 18.9 Å². The number of ether oxygens (including phenoxy) is 1. The number of rotatable bonds is 4. The second kappa shape index (κ2) is 8.65. The number of anilines is 2. The van der Waals surface area contributed by atoms with Gasteiger partial charge in [-0.3, -0.25) is 4.90 Å². The van der Waals surface area contributed by atoms with Crippen molar-refractivity contribution in [2.75, 3.05) is 63.3 Å². The lowest BCUT2D eigenvalue weighted by molar-refractivity contribution is 0.120. The summed E-state index contributed by atoms with van der Waals surface area (Å²) in [7, 11) is -1.42. The average molecular weight is 405 g/mol. The maximum atomic E-state index is 11.6. The third kappa shape index (κ3) is 4.73. The second-order valence-electron chi connectivity index (χ2n) is 6.84. The van der Waals surface area contributed by atoms with Crippen LogP contribution in [0.3, 0.4) is 0 Å². The van der Waals surface area contributed by atoms with Crippen LogP contribution < -0.4 is 15.4 Å². The molecule has 26 heavy (non-hydrogen) atoms. The van der Waals surface area contributed by atoms with Crippen molar-refractivity contribution in [1.29, 1.82) is 0 Å². The van der Waals surface area contributed by atoms with Crippen LogP contribution in [0.25, 0.3) is 0 Å². The molecule has 2 aliphatic rings. The Morgan fingerprint density at radius 2 is 1.69 bits per heavy atom. The molecule has 0 spiro atoms. The molecule has 2 fully saturated rings. The number of nitrogens with two attached hydrogens (primary N) is 1. The number of sulfonamides is 1. The van der Waals surface area contributed by atoms with Gasteiger partial charge in [-0.05, 0) is 25.0 Å². The first-order chi connectivity index (χ1) is 11.9. The molecule has 2 aliphatic heterocycles. The zero-order valence-electron chi connectivity index (χ0n) is 15.4. The maximum Gasteiger partial charge on any atom is 0.211 e. The van der Waals surface area contributed by atoms with Gasteiger partial charge >= 0.3 is 0 Å². The van der Waals surface area contributed by atoms with Crippen LogP contribution in [0.15, 0.2) is 18.2 Å². The third-order valence-corrected chi connectivity index (χ3v) is 6.61. The summed E-state index contributed by atoms with van der Waals surface area (Å²) in [5.74, 6) is 0.719. The van der Waals surface area contributed by atoms with E-state index in [4.69, 9.17) is 10.5 Å². The van der Waals surface area contributed by atoms with Crippen molar-refractivity contribution in [2.24, 2.45) is 0 Å². The van der Waals surface area contributed by atoms with Gasteiger partial charge in [0.2, 0.25) is 10.0 Å². The van der Waals surface area contributed by atoms with Crippen molar-refractivity contribution in [3.05, 3.63) is 18.2 Å². The van der Waals surface area contributed by atoms with Crippen LogP contribution in [0.4, 0.5) is 11.4 Å². The first-order valence-electron chi connectivity index (χ1n) is 8.76. The molecule has 0 unspecified atom stereocenters. The number of piperazine rings is 1. The third-order valence-electron chi connectivity index (χ3n) is 5.31. The molecule has 2 N–H and O–H groups in total. The summed E-state index contributed by atoms with van der Waals surface area (Å²) in [6, 6.07) is 6.47. The summed E-state index contributed by atoms with van der Waals surface area (Å²) in [6.45, 7) is 4.84. The highest BCUT2D eigenvalue weighted by Crippen LogP contribution is 2.30. The van der Waals surface area contributed by atoms with Crippen LogP contribution in [-0.2, 0) is 10.0 Å². The number of halogens is 1. The molecule has 7 nitrogen and oxygen atoms in total. The van der Waals surface area contributed by atoms with Crippen molar-refractivity contribution >= 4 is 33.8 Å². The molecule has 2 heterocycles. The minimum atomic E-state index is -3.06. The number of hydrogen-bond acceptors (Lipinski definition) is 6. The molecule has 9 heteroatoms. The minimum Gasteiger partial charge on any atom is -0.495 e. The zero-order valence-corrected chi connectivity index (χ0v) is 17.1. The zero-order chi connectivity index (χ0) is 18.0. The van der Waals surface area contributed by atoms with Gasteiger partial charge in [-0.2, -0.15) is 4.31 Å². The Morgan fingerprint density at radius 3 is 2.23 bits per heavy atom. The first-order valence-corrected chi connectivity index (χ1v) is 10.6. The Labute approximate surface area is 162 Å². The Kier molecular flexibility index (Phi) is 7.01. The molecule has 0 aromatic heterocycles. The minimum absolute atomic E-state index is 0. The van der Waals surface area contributed by atoms with Gasteiger partial charge in [0.1, 0.15) is 5.75 Å². The SMILES string of the molecule is COc1cc(N2CCC(N3CCN(S(C)(=O)=O)CC3)CC2)ccc1N.Cl. The Morgan fingerprint density at radius 1 is 1.08 bits per heavy atom. The molecular weight excluding hydrogens is 376 g/mol. The number of benzene rings is 1. The van der Waals surface area contributed by atoms with E-state index in [1.54, 1.807) is 11.4 Å². The number of piperidine rings is 1. The van der Waals surface area contributed by atoms with Crippen molar-refractivity contribution < 1.29 is 13.2 Å². The fourth-order valence-corrected chi connectivity index (χ4v) is 4.61. The molecule has 1 aromatic rings. The molecular formula is C17H29ClN4O3S. The van der Waals surface area contributed by atoms with Gasteiger partial charge in [-0.1, -0.05) is 0 Å². The topological polar surface area (TPSA) is 79.1 Å². The molecule has 0 radical (unpaired) electrons. The largest absolute Gasteiger partial charge is 0.495 e. The summed E-state index contributed by atoms with van der Waals surface area (Å²) < 4.78 is 30.2. The van der Waals surface area contributed by atoms with Crippen LogP contribution in [0.5, 0.6) is 5.75 Å². The van der Waals surface area contributed by atoms with E-state index < -0.39 is 10.0 Å². The molecule has 0 amide bonds. The fraction of sp³-hybridized carbons (Fsp3) is 0.647. The van der Waals surface area contributed by atoms with E-state index in [9.17, 15) is 8.42 Å². The molecule has 3 rings (SSSR count). The highest BCUT2D eigenvalue weighted by atomic mass is 35.5. The molecule has 0 saturated carbocycles. The Bertz CT molecular complexity index is 700. The van der Waals surface area contributed by atoms with E-state index in [-0.39, 0.29) is 12.4 Å². The summed E-state index contributed by atoms with van der Waals surface area (Å²) >= 11 is 0. The fourth-order valence-electron chi connectivity index (χ4n) is 3.79. The van der Waals surface area contributed by atoms with Gasteiger partial charge < -0.3 is 15.4 Å². The smallest absolute Gasteiger partial charge is 0.211 e. The second-order valence-corrected chi connectivity index (χ2v) is 8.82. The van der Waals surface area contributed by atoms with Gasteiger partial charge in [0, 0.05) is 57.1 Å². The monoisotopic (exact) mass is 404 g/mol. The highest BCUT2D eigenvalue weighted by molar-refractivity contribution is 7.88. The van der Waals surface area contributed by atoms with Crippen LogP contribution in [0.2, 0.25) is 0 Å². The van der Waals surface area contributed by atoms with Gasteiger partial charge in [-0.15, -0.1) is 12.4 Å². The summed E-state index contributed by atoms with van der Waals surface area (Å²) in [5, 5.41) is 0. The highest BCUT2D eigenvalue weighted by Gasteiger charge is 2.30. The lowest BCUT2D eigenvalue weighted by atomic mass is 10.0. The predicted molar refractivity (Wildman–Crippen MR) is 108 cm³/mol. The van der Waals surface area contributed by atoms with Crippen LogP contribution >= 0.6 is 12.4 Å². The van der Waals surface area contributed by atoms with Gasteiger partial charge in [0.15, 0.2) is 0 Å². The molecule has 0 aliphatic carbocycles. The van der Waals surface area contributed by atoms with Gasteiger partial charge in [-0.25, -0.2) is 8.42 Å². The predicted octanol–water partition coefficient (Wildman–Crippen LogP) is 1.25. The molecule has 1 aromatic carbocycles. The summed E-state index contributed by atoms with van der Waals surface area (Å²) in [4.78, 5) is 4.81. The van der Waals surface area contributed by atoms with Gasteiger partial charge in [0.05, 0.1) is 19.1 Å². The summed E-state index contributed by atoms with van der Waals surface area (Å²) in [6.07, 6.45) is 3.47. The summed E-state index contributed by atoms with van der Waals surface area (Å²) in [5.41, 5.74) is 7.70. The lowest BCUT2D eigenvalue weighted by Crippen LogP contribution is -2.54. The number of methoxy groups -OCH3 is 1. The van der Waals surface area contributed by atoms with Crippen molar-refractivity contribution in [1.82, 2.24) is 9.21 Å². The van der Waals surface area contributed by atoms with E-state index >= 15 is 0 Å². The maximum absolute atomic E-state index is 11.6. The van der Waals surface area contributed by atoms with Crippen LogP contribution in [0, 0.1) is 0 Å². The molecule has 148 valence electrons. The molecule has 2 saturated heterocycles. The van der Waals surface area contributed by atoms with E-state index in [2.05, 4.69) is 9.80 Å². The van der Waals surface area contributed by atoms with E-state index in [0.29, 0.717) is 24.8 Å². The van der Waals surface area contributed by atoms with E-state index in [0.717, 1.165) is 50.5 Å². The normalized spacial score (nSPS) is 20.6. The van der Waals surface area contributed by atoms with Crippen molar-refractivity contribution in [3.63, 3.8) is 0 Å². The van der Waals surface area contributed by atoms with E-state index in [1.165, 1.54) is 6.26 Å². The molecule has 0 atom stereocenters. The van der Waals surface area contributed by atoms with Gasteiger partial charge in [0.25, 0.3) is 0 Å². The van der Waals surface area contributed by atoms with Crippen LogP contribution in [-0.4, -0.2) is 76.3 Å². The number of nitrogens with zero attached hydrogens (tertiary/aromatic N) is 3. The lowest BCUT2D eigenvalue weighted by Gasteiger charge is -2.42. The average Bonchev–Trinajstić information content (AvgIpc) is 2.62. The Balaban J connectivity index is 0.00000243. The van der Waals surface area contributed by atoms with E-state index in [1.807, 2.05) is 18.2 Å². The number of nitrogen functional groups attached to an aromatic ring is 1. The quantitative estimate of drug-likeness (QED) is 0.761. The van der Waals surface area contributed by atoms with Crippen molar-refractivity contribution in [3.8, 4) is 5.75 Å². The standard InChI is InChI=1S/C17H28N4O3S.ClH/c1-24-17-13-15(3-4-16(17)18)19-7-5-14(6-8-19)20-9-11-21(12-10-20)25(2,22)23;/h3-4,13-14H,5-12,18H2,1-2H3;1H. The number of hydrogen-bond donors (Lipinski definition) is 1. The first kappa shape index (κ1) is 21.1. The molecule has 0 bridgehead atoms.